The van der Waals surface area contributed by atoms with Gasteiger partial charge in [0.05, 0.1) is 16.8 Å². The van der Waals surface area contributed by atoms with Gasteiger partial charge in [-0.05, 0) is 30.0 Å². The highest BCUT2D eigenvalue weighted by atomic mass is 32.2. The first-order valence-electron chi connectivity index (χ1n) is 8.83. The molecule has 1 heterocycles. The van der Waals surface area contributed by atoms with Gasteiger partial charge >= 0.3 is 0 Å². The standard InChI is InChI=1S/C20H25N3O2S/c1-15(2)13-14-26(24,25)22-19(16-9-5-4-6-10-16)20-21-17-11-7-8-12-18(17)23(20)3/h4-12,15,19,22H,13-14H2,1-3H3. The van der Waals surface area contributed by atoms with Crippen molar-refractivity contribution in [3.05, 3.63) is 66.0 Å². The number of sulfonamides is 1. The molecule has 0 bridgehead atoms. The Hall–Kier alpha value is -2.18. The van der Waals surface area contributed by atoms with Gasteiger partial charge in [-0.15, -0.1) is 0 Å². The van der Waals surface area contributed by atoms with E-state index in [0.717, 1.165) is 16.6 Å². The third kappa shape index (κ3) is 4.14. The lowest BCUT2D eigenvalue weighted by atomic mass is 10.1. The van der Waals surface area contributed by atoms with Crippen LogP contribution >= 0.6 is 0 Å². The number of benzene rings is 2. The molecule has 0 amide bonds. The molecule has 1 N–H and O–H groups in total. The van der Waals surface area contributed by atoms with Gasteiger partial charge in [-0.3, -0.25) is 0 Å². The molecule has 0 spiro atoms. The molecule has 1 aromatic heterocycles. The van der Waals surface area contributed by atoms with Crippen LogP contribution in [0.4, 0.5) is 0 Å². The van der Waals surface area contributed by atoms with Gasteiger partial charge in [-0.1, -0.05) is 56.3 Å². The average molecular weight is 372 g/mol. The molecule has 5 nitrogen and oxygen atoms in total. The largest absolute Gasteiger partial charge is 0.329 e. The first-order chi connectivity index (χ1) is 12.4. The van der Waals surface area contributed by atoms with Crippen molar-refractivity contribution in [1.82, 2.24) is 14.3 Å². The second-order valence-electron chi connectivity index (χ2n) is 6.98. The van der Waals surface area contributed by atoms with Gasteiger partial charge in [0.15, 0.2) is 0 Å². The van der Waals surface area contributed by atoms with E-state index in [1.54, 1.807) is 0 Å². The summed E-state index contributed by atoms with van der Waals surface area (Å²) in [6.45, 7) is 4.05. The van der Waals surface area contributed by atoms with Crippen LogP contribution in [0.2, 0.25) is 0 Å². The number of para-hydroxylation sites is 2. The minimum atomic E-state index is -3.43. The van der Waals surface area contributed by atoms with Crippen LogP contribution in [0.1, 0.15) is 37.7 Å². The summed E-state index contributed by atoms with van der Waals surface area (Å²) < 4.78 is 30.2. The summed E-state index contributed by atoms with van der Waals surface area (Å²) in [6, 6.07) is 16.9. The zero-order valence-electron chi connectivity index (χ0n) is 15.4. The maximum absolute atomic E-state index is 12.7. The van der Waals surface area contributed by atoms with Gasteiger partial charge in [0.2, 0.25) is 10.0 Å². The van der Waals surface area contributed by atoms with Crippen molar-refractivity contribution in [3.8, 4) is 0 Å². The van der Waals surface area contributed by atoms with Gasteiger partial charge in [-0.25, -0.2) is 18.1 Å². The number of rotatable bonds is 7. The van der Waals surface area contributed by atoms with E-state index < -0.39 is 16.1 Å². The molecule has 0 fully saturated rings. The third-order valence-corrected chi connectivity index (χ3v) is 5.84. The number of imidazole rings is 1. The minimum Gasteiger partial charge on any atom is -0.329 e. The number of fused-ring (bicyclic) bond motifs is 1. The maximum atomic E-state index is 12.7. The fraction of sp³-hybridized carbons (Fsp3) is 0.350. The molecule has 26 heavy (non-hydrogen) atoms. The first kappa shape index (κ1) is 18.6. The van der Waals surface area contributed by atoms with Gasteiger partial charge in [-0.2, -0.15) is 0 Å². The van der Waals surface area contributed by atoms with Crippen LogP contribution < -0.4 is 4.72 Å². The number of nitrogens with one attached hydrogen (secondary N) is 1. The summed E-state index contributed by atoms with van der Waals surface area (Å²) in [4.78, 5) is 4.70. The highest BCUT2D eigenvalue weighted by molar-refractivity contribution is 7.89. The van der Waals surface area contributed by atoms with Crippen molar-refractivity contribution in [1.29, 1.82) is 0 Å². The summed E-state index contributed by atoms with van der Waals surface area (Å²) in [7, 11) is -1.51. The van der Waals surface area contributed by atoms with Crippen molar-refractivity contribution in [2.75, 3.05) is 5.75 Å². The highest BCUT2D eigenvalue weighted by Crippen LogP contribution is 2.25. The molecule has 6 heteroatoms. The molecule has 0 aliphatic heterocycles. The quantitative estimate of drug-likeness (QED) is 0.690. The topological polar surface area (TPSA) is 64.0 Å². The minimum absolute atomic E-state index is 0.109. The van der Waals surface area contributed by atoms with Crippen LogP contribution in [-0.2, 0) is 17.1 Å². The summed E-state index contributed by atoms with van der Waals surface area (Å²) in [6.07, 6.45) is 0.624. The molecule has 0 aliphatic carbocycles. The van der Waals surface area contributed by atoms with E-state index in [1.165, 1.54) is 0 Å². The average Bonchev–Trinajstić information content (AvgIpc) is 2.96. The van der Waals surface area contributed by atoms with Crippen molar-refractivity contribution in [2.45, 2.75) is 26.3 Å². The Morgan fingerprint density at radius 2 is 1.69 bits per heavy atom. The van der Waals surface area contributed by atoms with Crippen molar-refractivity contribution in [3.63, 3.8) is 0 Å². The molecular formula is C20H25N3O2S. The summed E-state index contributed by atoms with van der Waals surface area (Å²) in [5.41, 5.74) is 2.70. The van der Waals surface area contributed by atoms with Crippen LogP contribution in [0.15, 0.2) is 54.6 Å². The van der Waals surface area contributed by atoms with Gasteiger partial charge in [0.25, 0.3) is 0 Å². The molecule has 3 aromatic rings. The third-order valence-electron chi connectivity index (χ3n) is 4.47. The van der Waals surface area contributed by atoms with Crippen molar-refractivity contribution < 1.29 is 8.42 Å². The molecule has 0 radical (unpaired) electrons. The van der Waals surface area contributed by atoms with Crippen LogP contribution in [0.3, 0.4) is 0 Å². The van der Waals surface area contributed by atoms with Crippen LogP contribution in [0.5, 0.6) is 0 Å². The van der Waals surface area contributed by atoms with E-state index in [1.807, 2.05) is 80.1 Å². The summed E-state index contributed by atoms with van der Waals surface area (Å²) in [5, 5.41) is 0. The zero-order chi connectivity index (χ0) is 18.7. The Morgan fingerprint density at radius 1 is 1.04 bits per heavy atom. The van der Waals surface area contributed by atoms with E-state index >= 15 is 0 Å². The van der Waals surface area contributed by atoms with Crippen LogP contribution in [-0.4, -0.2) is 23.7 Å². The predicted molar refractivity (Wildman–Crippen MR) is 105 cm³/mol. The summed E-state index contributed by atoms with van der Waals surface area (Å²) in [5.74, 6) is 1.13. The van der Waals surface area contributed by atoms with Crippen LogP contribution in [0.25, 0.3) is 11.0 Å². The van der Waals surface area contributed by atoms with E-state index in [-0.39, 0.29) is 5.75 Å². The van der Waals surface area contributed by atoms with E-state index in [0.29, 0.717) is 18.2 Å². The number of hydrogen-bond acceptors (Lipinski definition) is 3. The molecule has 138 valence electrons. The zero-order valence-corrected chi connectivity index (χ0v) is 16.2. The lowest BCUT2D eigenvalue weighted by molar-refractivity contribution is 0.548. The first-order valence-corrected chi connectivity index (χ1v) is 10.5. The second-order valence-corrected chi connectivity index (χ2v) is 8.85. The molecule has 1 unspecified atom stereocenters. The Balaban J connectivity index is 2.03. The molecule has 0 aliphatic rings. The highest BCUT2D eigenvalue weighted by Gasteiger charge is 2.25. The Morgan fingerprint density at radius 3 is 2.35 bits per heavy atom. The summed E-state index contributed by atoms with van der Waals surface area (Å²) >= 11 is 0. The monoisotopic (exact) mass is 371 g/mol. The fourth-order valence-corrected chi connectivity index (χ4v) is 4.47. The fourth-order valence-electron chi connectivity index (χ4n) is 2.97. The van der Waals surface area contributed by atoms with Crippen molar-refractivity contribution >= 4 is 21.1 Å². The molecular weight excluding hydrogens is 346 g/mol. The Kier molecular flexibility index (Phi) is 5.44. The maximum Gasteiger partial charge on any atom is 0.212 e. The van der Waals surface area contributed by atoms with Gasteiger partial charge in [0, 0.05) is 7.05 Å². The molecule has 3 rings (SSSR count). The number of hydrogen-bond donors (Lipinski definition) is 1. The van der Waals surface area contributed by atoms with Gasteiger partial charge in [0.1, 0.15) is 11.9 Å². The molecule has 2 aromatic carbocycles. The number of nitrogens with zero attached hydrogens (tertiary/aromatic N) is 2. The smallest absolute Gasteiger partial charge is 0.212 e. The van der Waals surface area contributed by atoms with E-state index in [4.69, 9.17) is 4.98 Å². The second kappa shape index (κ2) is 7.60. The number of aromatic nitrogens is 2. The van der Waals surface area contributed by atoms with Crippen molar-refractivity contribution in [2.24, 2.45) is 13.0 Å². The molecule has 0 saturated heterocycles. The number of aryl methyl sites for hydroxylation is 1. The predicted octanol–water partition coefficient (Wildman–Crippen LogP) is 3.63. The van der Waals surface area contributed by atoms with E-state index in [9.17, 15) is 8.42 Å². The Bertz CT molecular complexity index is 979. The molecule has 1 atom stereocenters. The van der Waals surface area contributed by atoms with Gasteiger partial charge < -0.3 is 4.57 Å². The normalized spacial score (nSPS) is 13.4. The molecule has 0 saturated carbocycles. The van der Waals surface area contributed by atoms with E-state index in [2.05, 4.69) is 4.72 Å². The van der Waals surface area contributed by atoms with Crippen LogP contribution in [0, 0.1) is 5.92 Å². The SMILES string of the molecule is CC(C)CCS(=O)(=O)NC(c1ccccc1)c1nc2ccccc2n1C. The Labute approximate surface area is 155 Å². The lowest BCUT2D eigenvalue weighted by Gasteiger charge is -2.19. The lowest BCUT2D eigenvalue weighted by Crippen LogP contribution is -2.33.